The fourth-order valence-electron chi connectivity index (χ4n) is 2.59. The first-order chi connectivity index (χ1) is 9.58. The number of rotatable bonds is 2. The van der Waals surface area contributed by atoms with E-state index in [0.717, 1.165) is 22.6 Å². The summed E-state index contributed by atoms with van der Waals surface area (Å²) >= 11 is 5.83. The second kappa shape index (κ2) is 4.87. The van der Waals surface area contributed by atoms with Gasteiger partial charge in [0.1, 0.15) is 11.5 Å². The Balaban J connectivity index is 2.12. The molecule has 0 saturated carbocycles. The van der Waals surface area contributed by atoms with E-state index < -0.39 is 0 Å². The van der Waals surface area contributed by atoms with E-state index in [1.54, 1.807) is 13.2 Å². The van der Waals surface area contributed by atoms with Crippen LogP contribution in [0.5, 0.6) is 5.75 Å². The van der Waals surface area contributed by atoms with Gasteiger partial charge in [0, 0.05) is 18.2 Å². The first-order valence-corrected chi connectivity index (χ1v) is 6.70. The number of hydrogen-bond acceptors (Lipinski definition) is 3. The number of hydrogen-bond donors (Lipinski definition) is 1. The number of carbonyl (C=O) groups excluding carboxylic acids is 1. The molecule has 2 heterocycles. The molecular weight excluding hydrogens is 278 g/mol. The normalized spacial score (nSPS) is 17.6. The van der Waals surface area contributed by atoms with Crippen molar-refractivity contribution in [2.45, 2.75) is 19.3 Å². The van der Waals surface area contributed by atoms with E-state index in [4.69, 9.17) is 20.8 Å². The molecule has 3 rings (SSSR count). The minimum Gasteiger partial charge on any atom is -0.496 e. The van der Waals surface area contributed by atoms with Crippen molar-refractivity contribution in [1.29, 1.82) is 0 Å². The largest absolute Gasteiger partial charge is 0.496 e. The zero-order chi connectivity index (χ0) is 14.3. The third kappa shape index (κ3) is 2.16. The van der Waals surface area contributed by atoms with E-state index in [9.17, 15) is 4.79 Å². The summed E-state index contributed by atoms with van der Waals surface area (Å²) in [5.41, 5.74) is 2.81. The summed E-state index contributed by atoms with van der Waals surface area (Å²) < 4.78 is 10.8. The molecule has 1 atom stereocenters. The molecule has 0 radical (unpaired) electrons. The molecule has 1 N–H and O–H groups in total. The van der Waals surface area contributed by atoms with Crippen molar-refractivity contribution in [3.05, 3.63) is 46.4 Å². The molecule has 4 nitrogen and oxygen atoms in total. The lowest BCUT2D eigenvalue weighted by Gasteiger charge is -2.25. The fraction of sp³-hybridized carbons (Fsp3) is 0.267. The number of benzene rings is 1. The molecule has 0 aliphatic carbocycles. The van der Waals surface area contributed by atoms with Gasteiger partial charge in [0.2, 0.25) is 5.91 Å². The SMILES string of the molecule is COc1cc2c(cc1C)C(c1ccc(Cl)o1)CC(=O)N2. The smallest absolute Gasteiger partial charge is 0.225 e. The monoisotopic (exact) mass is 291 g/mol. The minimum atomic E-state index is -0.115. The molecule has 2 aromatic rings. The number of aryl methyl sites for hydroxylation is 1. The van der Waals surface area contributed by atoms with Crippen LogP contribution in [0.1, 0.15) is 29.2 Å². The Labute approximate surface area is 121 Å². The van der Waals surface area contributed by atoms with Crippen LogP contribution in [-0.2, 0) is 4.79 Å². The Morgan fingerprint density at radius 3 is 2.85 bits per heavy atom. The van der Waals surface area contributed by atoms with Crippen molar-refractivity contribution in [1.82, 2.24) is 0 Å². The lowest BCUT2D eigenvalue weighted by molar-refractivity contribution is -0.116. The van der Waals surface area contributed by atoms with Crippen LogP contribution in [0, 0.1) is 6.92 Å². The molecular formula is C15H14ClNO3. The Morgan fingerprint density at radius 1 is 1.40 bits per heavy atom. The molecule has 1 aromatic heterocycles. The summed E-state index contributed by atoms with van der Waals surface area (Å²) in [7, 11) is 1.61. The number of fused-ring (bicyclic) bond motifs is 1. The second-order valence-corrected chi connectivity index (χ2v) is 5.23. The summed E-state index contributed by atoms with van der Waals surface area (Å²) in [5, 5.41) is 3.21. The van der Waals surface area contributed by atoms with E-state index in [1.165, 1.54) is 0 Å². The number of methoxy groups -OCH3 is 1. The van der Waals surface area contributed by atoms with Crippen LogP contribution in [0.15, 0.2) is 28.7 Å². The van der Waals surface area contributed by atoms with Gasteiger partial charge in [0.25, 0.3) is 0 Å². The molecule has 1 aliphatic heterocycles. The van der Waals surface area contributed by atoms with E-state index in [0.29, 0.717) is 17.4 Å². The molecule has 1 aromatic carbocycles. The molecule has 1 amide bonds. The third-order valence-corrected chi connectivity index (χ3v) is 3.75. The summed E-state index contributed by atoms with van der Waals surface area (Å²) in [6.45, 7) is 1.97. The van der Waals surface area contributed by atoms with E-state index in [1.807, 2.05) is 25.1 Å². The number of furan rings is 1. The van der Waals surface area contributed by atoms with Gasteiger partial charge in [-0.1, -0.05) is 0 Å². The van der Waals surface area contributed by atoms with Gasteiger partial charge in [-0.3, -0.25) is 4.79 Å². The van der Waals surface area contributed by atoms with Crippen molar-refractivity contribution >= 4 is 23.2 Å². The first-order valence-electron chi connectivity index (χ1n) is 6.32. The second-order valence-electron chi connectivity index (χ2n) is 4.86. The third-order valence-electron chi connectivity index (χ3n) is 3.54. The van der Waals surface area contributed by atoms with Crippen molar-refractivity contribution in [3.63, 3.8) is 0 Å². The van der Waals surface area contributed by atoms with Crippen molar-refractivity contribution in [3.8, 4) is 5.75 Å². The maximum absolute atomic E-state index is 11.9. The zero-order valence-corrected chi connectivity index (χ0v) is 12.0. The lowest BCUT2D eigenvalue weighted by Crippen LogP contribution is -2.23. The first kappa shape index (κ1) is 13.1. The number of amides is 1. The molecule has 0 bridgehead atoms. The predicted octanol–water partition coefficient (Wildman–Crippen LogP) is 3.72. The highest BCUT2D eigenvalue weighted by Crippen LogP contribution is 2.41. The molecule has 0 saturated heterocycles. The van der Waals surface area contributed by atoms with Gasteiger partial charge < -0.3 is 14.5 Å². The number of carbonyl (C=O) groups is 1. The molecule has 1 aliphatic rings. The Morgan fingerprint density at radius 2 is 2.20 bits per heavy atom. The van der Waals surface area contributed by atoms with Crippen molar-refractivity contribution in [2.24, 2.45) is 0 Å². The Hall–Kier alpha value is -1.94. The predicted molar refractivity (Wildman–Crippen MR) is 76.5 cm³/mol. The summed E-state index contributed by atoms with van der Waals surface area (Å²) in [5.74, 6) is 1.30. The number of nitrogens with one attached hydrogen (secondary N) is 1. The van der Waals surface area contributed by atoms with Gasteiger partial charge in [-0.05, 0) is 47.9 Å². The molecule has 0 fully saturated rings. The summed E-state index contributed by atoms with van der Waals surface area (Å²) in [6, 6.07) is 7.38. The average molecular weight is 292 g/mol. The highest BCUT2D eigenvalue weighted by molar-refractivity contribution is 6.28. The molecule has 1 unspecified atom stereocenters. The summed E-state index contributed by atoms with van der Waals surface area (Å²) in [4.78, 5) is 11.9. The van der Waals surface area contributed by atoms with Crippen molar-refractivity contribution in [2.75, 3.05) is 12.4 Å². The quantitative estimate of drug-likeness (QED) is 0.917. The average Bonchev–Trinajstić information content (AvgIpc) is 2.84. The highest BCUT2D eigenvalue weighted by Gasteiger charge is 2.29. The lowest BCUT2D eigenvalue weighted by atomic mass is 9.87. The van der Waals surface area contributed by atoms with Crippen LogP contribution in [0.3, 0.4) is 0 Å². The van der Waals surface area contributed by atoms with Gasteiger partial charge in [-0.2, -0.15) is 0 Å². The van der Waals surface area contributed by atoms with Crippen LogP contribution < -0.4 is 10.1 Å². The van der Waals surface area contributed by atoms with Crippen LogP contribution >= 0.6 is 11.6 Å². The van der Waals surface area contributed by atoms with Gasteiger partial charge in [0.15, 0.2) is 5.22 Å². The van der Waals surface area contributed by atoms with Crippen LogP contribution in [0.4, 0.5) is 5.69 Å². The Bertz CT molecular complexity index is 678. The van der Waals surface area contributed by atoms with Crippen LogP contribution in [0.25, 0.3) is 0 Å². The zero-order valence-electron chi connectivity index (χ0n) is 11.2. The highest BCUT2D eigenvalue weighted by atomic mass is 35.5. The van der Waals surface area contributed by atoms with Crippen LogP contribution in [-0.4, -0.2) is 13.0 Å². The molecule has 5 heteroatoms. The minimum absolute atomic E-state index is 0.0408. The fourth-order valence-corrected chi connectivity index (χ4v) is 2.74. The maximum atomic E-state index is 11.9. The van der Waals surface area contributed by atoms with E-state index in [-0.39, 0.29) is 11.8 Å². The molecule has 104 valence electrons. The van der Waals surface area contributed by atoms with Gasteiger partial charge in [0.05, 0.1) is 13.0 Å². The Kier molecular flexibility index (Phi) is 3.18. The number of halogens is 1. The maximum Gasteiger partial charge on any atom is 0.225 e. The van der Waals surface area contributed by atoms with Gasteiger partial charge in [-0.15, -0.1) is 0 Å². The number of ether oxygens (including phenoxy) is 1. The van der Waals surface area contributed by atoms with Gasteiger partial charge >= 0.3 is 0 Å². The molecule has 0 spiro atoms. The number of anilines is 1. The summed E-state index contributed by atoms with van der Waals surface area (Å²) in [6.07, 6.45) is 0.350. The van der Waals surface area contributed by atoms with Gasteiger partial charge in [-0.25, -0.2) is 0 Å². The van der Waals surface area contributed by atoms with Crippen LogP contribution in [0.2, 0.25) is 5.22 Å². The standard InChI is InChI=1S/C15H14ClNO3/c1-8-5-9-10(12-3-4-14(16)20-12)6-15(18)17-11(9)7-13(8)19-2/h3-5,7,10H,6H2,1-2H3,(H,17,18). The van der Waals surface area contributed by atoms with E-state index >= 15 is 0 Å². The topological polar surface area (TPSA) is 51.5 Å². The van der Waals surface area contributed by atoms with Crippen molar-refractivity contribution < 1.29 is 13.9 Å². The van der Waals surface area contributed by atoms with E-state index in [2.05, 4.69) is 5.32 Å². The molecule has 20 heavy (non-hydrogen) atoms.